The normalized spacial score (nSPS) is 10.4. The molecule has 0 radical (unpaired) electrons. The molecule has 0 atom stereocenters. The Balaban J connectivity index is 2.01. The van der Waals surface area contributed by atoms with Crippen LogP contribution >= 0.6 is 0 Å². The molecule has 0 saturated carbocycles. The summed E-state index contributed by atoms with van der Waals surface area (Å²) < 4.78 is 5.82. The molecule has 0 bridgehead atoms. The molecule has 0 aliphatic carbocycles. The molecular formula is C18H22N2O. The molecule has 2 aromatic rings. The first kappa shape index (κ1) is 15.1. The molecule has 2 aromatic carbocycles. The van der Waals surface area contributed by atoms with E-state index in [2.05, 4.69) is 19.1 Å². The van der Waals surface area contributed by atoms with Crippen LogP contribution in [0, 0.1) is 12.3 Å². The van der Waals surface area contributed by atoms with E-state index in [1.165, 1.54) is 5.56 Å². The first-order valence-corrected chi connectivity index (χ1v) is 7.26. The predicted octanol–water partition coefficient (Wildman–Crippen LogP) is 3.81. The molecule has 0 saturated heterocycles. The Morgan fingerprint density at radius 2 is 1.86 bits per heavy atom. The van der Waals surface area contributed by atoms with Crippen LogP contribution in [-0.4, -0.2) is 5.84 Å². The number of rotatable bonds is 6. The Morgan fingerprint density at radius 3 is 2.43 bits per heavy atom. The molecule has 0 aliphatic heterocycles. The lowest BCUT2D eigenvalue weighted by Crippen LogP contribution is -2.11. The molecule has 0 amide bonds. The number of hydrogen-bond acceptors (Lipinski definition) is 2. The Morgan fingerprint density at radius 1 is 1.14 bits per heavy atom. The van der Waals surface area contributed by atoms with Gasteiger partial charge in [0.1, 0.15) is 18.2 Å². The summed E-state index contributed by atoms with van der Waals surface area (Å²) in [6.07, 6.45) is 2.26. The number of nitrogens with two attached hydrogens (primary N) is 1. The summed E-state index contributed by atoms with van der Waals surface area (Å²) in [5.74, 6) is 0.974. The largest absolute Gasteiger partial charge is 0.489 e. The maximum atomic E-state index is 7.44. The van der Waals surface area contributed by atoms with Crippen LogP contribution in [0.15, 0.2) is 42.5 Å². The average Bonchev–Trinajstić information content (AvgIpc) is 2.47. The van der Waals surface area contributed by atoms with Crippen LogP contribution in [0.1, 0.15) is 35.6 Å². The number of hydrogen-bond donors (Lipinski definition) is 2. The van der Waals surface area contributed by atoms with Crippen molar-refractivity contribution in [3.63, 3.8) is 0 Å². The van der Waals surface area contributed by atoms with Crippen molar-refractivity contribution in [2.24, 2.45) is 5.73 Å². The van der Waals surface area contributed by atoms with Crippen LogP contribution in [0.25, 0.3) is 0 Å². The van der Waals surface area contributed by atoms with E-state index in [9.17, 15) is 0 Å². The van der Waals surface area contributed by atoms with Crippen molar-refractivity contribution < 1.29 is 4.74 Å². The zero-order valence-electron chi connectivity index (χ0n) is 12.6. The lowest BCUT2D eigenvalue weighted by Gasteiger charge is -2.10. The summed E-state index contributed by atoms with van der Waals surface area (Å²) in [6.45, 7) is 4.71. The number of nitrogen functional groups attached to an aromatic ring is 1. The third-order valence-electron chi connectivity index (χ3n) is 3.51. The molecule has 3 N–H and O–H groups in total. The fraction of sp³-hybridized carbons (Fsp3) is 0.278. The van der Waals surface area contributed by atoms with Gasteiger partial charge in [-0.3, -0.25) is 5.41 Å². The molecule has 3 nitrogen and oxygen atoms in total. The van der Waals surface area contributed by atoms with Crippen LogP contribution in [0.2, 0.25) is 0 Å². The summed E-state index contributed by atoms with van der Waals surface area (Å²) in [5.41, 5.74) is 9.78. The summed E-state index contributed by atoms with van der Waals surface area (Å²) in [7, 11) is 0. The number of benzene rings is 2. The highest BCUT2D eigenvalue weighted by Crippen LogP contribution is 2.17. The minimum atomic E-state index is 0.0945. The van der Waals surface area contributed by atoms with Crippen molar-refractivity contribution >= 4 is 5.84 Å². The third-order valence-corrected chi connectivity index (χ3v) is 3.51. The zero-order chi connectivity index (χ0) is 15.2. The highest BCUT2D eigenvalue weighted by Gasteiger charge is 2.03. The van der Waals surface area contributed by atoms with Crippen molar-refractivity contribution in [2.75, 3.05) is 0 Å². The van der Waals surface area contributed by atoms with Gasteiger partial charge < -0.3 is 10.5 Å². The Kier molecular flexibility index (Phi) is 4.99. The van der Waals surface area contributed by atoms with Crippen LogP contribution in [0.3, 0.4) is 0 Å². The van der Waals surface area contributed by atoms with Crippen molar-refractivity contribution in [3.8, 4) is 5.75 Å². The molecular weight excluding hydrogens is 260 g/mol. The molecule has 2 rings (SSSR count). The average molecular weight is 282 g/mol. The molecule has 110 valence electrons. The van der Waals surface area contributed by atoms with Crippen molar-refractivity contribution in [1.29, 1.82) is 5.41 Å². The second-order valence-electron chi connectivity index (χ2n) is 5.24. The monoisotopic (exact) mass is 282 g/mol. The zero-order valence-corrected chi connectivity index (χ0v) is 12.6. The topological polar surface area (TPSA) is 59.1 Å². The SMILES string of the molecule is CCCc1ccc(OCc2ccc(C(=N)N)cc2C)cc1. The Hall–Kier alpha value is -2.29. The molecule has 0 fully saturated rings. The second kappa shape index (κ2) is 6.93. The van der Waals surface area contributed by atoms with Crippen molar-refractivity contribution in [1.82, 2.24) is 0 Å². The first-order valence-electron chi connectivity index (χ1n) is 7.26. The van der Waals surface area contributed by atoms with Gasteiger partial charge in [-0.2, -0.15) is 0 Å². The molecule has 0 aliphatic rings. The summed E-state index contributed by atoms with van der Waals surface area (Å²) in [6, 6.07) is 14.0. The summed E-state index contributed by atoms with van der Waals surface area (Å²) in [4.78, 5) is 0. The first-order chi connectivity index (χ1) is 10.1. The Bertz CT molecular complexity index is 618. The lowest BCUT2D eigenvalue weighted by molar-refractivity contribution is 0.305. The highest BCUT2D eigenvalue weighted by atomic mass is 16.5. The van der Waals surface area contributed by atoms with E-state index in [0.29, 0.717) is 6.61 Å². The van der Waals surface area contributed by atoms with Gasteiger partial charge >= 0.3 is 0 Å². The van der Waals surface area contributed by atoms with E-state index in [1.54, 1.807) is 0 Å². The Labute approximate surface area is 126 Å². The fourth-order valence-corrected chi connectivity index (χ4v) is 2.23. The molecule has 0 spiro atoms. The lowest BCUT2D eigenvalue weighted by atomic mass is 10.1. The smallest absolute Gasteiger partial charge is 0.122 e. The predicted molar refractivity (Wildman–Crippen MR) is 87.0 cm³/mol. The maximum absolute atomic E-state index is 7.44. The number of amidine groups is 1. The second-order valence-corrected chi connectivity index (χ2v) is 5.24. The summed E-state index contributed by atoms with van der Waals surface area (Å²) in [5, 5.41) is 7.44. The van der Waals surface area contributed by atoms with Gasteiger partial charge in [0, 0.05) is 5.56 Å². The molecule has 3 heteroatoms. The number of aryl methyl sites for hydroxylation is 2. The van der Waals surface area contributed by atoms with Crippen LogP contribution in [-0.2, 0) is 13.0 Å². The molecule has 0 unspecified atom stereocenters. The minimum Gasteiger partial charge on any atom is -0.489 e. The van der Waals surface area contributed by atoms with Gasteiger partial charge in [0.05, 0.1) is 0 Å². The van der Waals surface area contributed by atoms with Crippen LogP contribution in [0.4, 0.5) is 0 Å². The maximum Gasteiger partial charge on any atom is 0.122 e. The molecule has 0 aromatic heterocycles. The standard InChI is InChI=1S/C18H22N2O/c1-3-4-14-5-9-17(10-6-14)21-12-16-8-7-15(18(19)20)11-13(16)2/h5-11H,3-4,12H2,1-2H3,(H3,19,20). The third kappa shape index (κ3) is 4.09. The minimum absolute atomic E-state index is 0.0945. The van der Waals surface area contributed by atoms with Crippen LogP contribution < -0.4 is 10.5 Å². The van der Waals surface area contributed by atoms with Crippen LogP contribution in [0.5, 0.6) is 5.75 Å². The number of ether oxygens (including phenoxy) is 1. The fourth-order valence-electron chi connectivity index (χ4n) is 2.23. The van der Waals surface area contributed by atoms with E-state index in [1.807, 2.05) is 37.3 Å². The van der Waals surface area contributed by atoms with Gasteiger partial charge in [-0.25, -0.2) is 0 Å². The van der Waals surface area contributed by atoms with E-state index in [4.69, 9.17) is 15.9 Å². The van der Waals surface area contributed by atoms with E-state index in [0.717, 1.165) is 35.3 Å². The van der Waals surface area contributed by atoms with Gasteiger partial charge in [-0.15, -0.1) is 0 Å². The number of nitrogens with one attached hydrogen (secondary N) is 1. The van der Waals surface area contributed by atoms with E-state index < -0.39 is 0 Å². The van der Waals surface area contributed by atoms with Crippen molar-refractivity contribution in [2.45, 2.75) is 33.3 Å². The van der Waals surface area contributed by atoms with E-state index >= 15 is 0 Å². The van der Waals surface area contributed by atoms with E-state index in [-0.39, 0.29) is 5.84 Å². The van der Waals surface area contributed by atoms with Gasteiger partial charge in [0.25, 0.3) is 0 Å². The quantitative estimate of drug-likeness (QED) is 0.625. The summed E-state index contributed by atoms with van der Waals surface area (Å²) >= 11 is 0. The molecule has 21 heavy (non-hydrogen) atoms. The van der Waals surface area contributed by atoms with Gasteiger partial charge in [-0.1, -0.05) is 37.6 Å². The van der Waals surface area contributed by atoms with Crippen molar-refractivity contribution in [3.05, 3.63) is 64.7 Å². The molecule has 0 heterocycles. The van der Waals surface area contributed by atoms with Gasteiger partial charge in [0.15, 0.2) is 0 Å². The van der Waals surface area contributed by atoms with Gasteiger partial charge in [0.2, 0.25) is 0 Å². The van der Waals surface area contributed by atoms with Gasteiger partial charge in [-0.05, 0) is 48.2 Å². The highest BCUT2D eigenvalue weighted by molar-refractivity contribution is 5.95.